The number of hydrogen-bond acceptors (Lipinski definition) is 2. The normalized spacial score (nSPS) is 10.8. The highest BCUT2D eigenvalue weighted by molar-refractivity contribution is 6.31. The van der Waals surface area contributed by atoms with Gasteiger partial charge in [0.25, 0.3) is 0 Å². The number of hydrogen-bond donors (Lipinski definition) is 2. The summed E-state index contributed by atoms with van der Waals surface area (Å²) < 4.78 is 13.6. The van der Waals surface area contributed by atoms with Gasteiger partial charge in [-0.2, -0.15) is 5.10 Å². The standard InChI is InChI=1S/C14H11ClFN3/c15-12-2-1-3-13(16)11(12)8-17-10-4-5-14-9(6-10)7-18-19-14/h1-7,17H,8H2,(H,18,19). The lowest BCUT2D eigenvalue weighted by Crippen LogP contribution is -2.02. The molecule has 0 fully saturated rings. The van der Waals surface area contributed by atoms with Gasteiger partial charge in [-0.05, 0) is 30.3 Å². The van der Waals surface area contributed by atoms with Crippen LogP contribution >= 0.6 is 11.6 Å². The Morgan fingerprint density at radius 1 is 1.26 bits per heavy atom. The van der Waals surface area contributed by atoms with Crippen LogP contribution in [0.1, 0.15) is 5.56 Å². The summed E-state index contributed by atoms with van der Waals surface area (Å²) in [7, 11) is 0. The molecule has 0 aliphatic heterocycles. The first kappa shape index (κ1) is 12.0. The minimum atomic E-state index is -0.301. The van der Waals surface area contributed by atoms with Crippen LogP contribution in [0.3, 0.4) is 0 Å². The Bertz CT molecular complexity index is 703. The van der Waals surface area contributed by atoms with Gasteiger partial charge in [-0.15, -0.1) is 0 Å². The van der Waals surface area contributed by atoms with Crippen molar-refractivity contribution < 1.29 is 4.39 Å². The number of H-pyrrole nitrogens is 1. The number of anilines is 1. The Morgan fingerprint density at radius 2 is 2.16 bits per heavy atom. The Morgan fingerprint density at radius 3 is 3.00 bits per heavy atom. The molecule has 96 valence electrons. The molecular weight excluding hydrogens is 265 g/mol. The molecule has 1 heterocycles. The van der Waals surface area contributed by atoms with E-state index < -0.39 is 0 Å². The largest absolute Gasteiger partial charge is 0.381 e. The first-order valence-corrected chi connectivity index (χ1v) is 6.22. The summed E-state index contributed by atoms with van der Waals surface area (Å²) in [4.78, 5) is 0. The van der Waals surface area contributed by atoms with Gasteiger partial charge in [0, 0.05) is 28.2 Å². The molecule has 3 nitrogen and oxygen atoms in total. The van der Waals surface area contributed by atoms with Gasteiger partial charge in [0.2, 0.25) is 0 Å². The summed E-state index contributed by atoms with van der Waals surface area (Å²) in [6.07, 6.45) is 1.75. The van der Waals surface area contributed by atoms with E-state index in [1.165, 1.54) is 6.07 Å². The van der Waals surface area contributed by atoms with Crippen LogP contribution in [0, 0.1) is 5.82 Å². The number of rotatable bonds is 3. The summed E-state index contributed by atoms with van der Waals surface area (Å²) in [6.45, 7) is 0.342. The SMILES string of the molecule is Fc1cccc(Cl)c1CNc1ccc2[nH]ncc2c1. The predicted octanol–water partition coefficient (Wildman–Crippen LogP) is 3.97. The first-order chi connectivity index (χ1) is 9.24. The van der Waals surface area contributed by atoms with E-state index in [0.29, 0.717) is 17.1 Å². The zero-order valence-electron chi connectivity index (χ0n) is 9.95. The molecule has 0 spiro atoms. The molecular formula is C14H11ClFN3. The molecule has 0 unspecified atom stereocenters. The van der Waals surface area contributed by atoms with E-state index in [1.807, 2.05) is 18.2 Å². The third-order valence-electron chi connectivity index (χ3n) is 2.97. The molecule has 19 heavy (non-hydrogen) atoms. The number of aromatic amines is 1. The van der Waals surface area contributed by atoms with Crippen molar-refractivity contribution in [2.45, 2.75) is 6.54 Å². The van der Waals surface area contributed by atoms with Crippen LogP contribution < -0.4 is 5.32 Å². The van der Waals surface area contributed by atoms with Crippen molar-refractivity contribution in [3.8, 4) is 0 Å². The lowest BCUT2D eigenvalue weighted by molar-refractivity contribution is 0.613. The summed E-state index contributed by atoms with van der Waals surface area (Å²) in [5.41, 5.74) is 2.33. The third kappa shape index (κ3) is 2.39. The zero-order chi connectivity index (χ0) is 13.2. The van der Waals surface area contributed by atoms with Crippen LogP contribution in [0.25, 0.3) is 10.9 Å². The fourth-order valence-corrected chi connectivity index (χ4v) is 2.17. The van der Waals surface area contributed by atoms with Gasteiger partial charge in [-0.1, -0.05) is 17.7 Å². The molecule has 0 atom stereocenters. The van der Waals surface area contributed by atoms with Gasteiger partial charge in [0.1, 0.15) is 5.82 Å². The van der Waals surface area contributed by atoms with Crippen molar-refractivity contribution >= 4 is 28.2 Å². The van der Waals surface area contributed by atoms with E-state index in [-0.39, 0.29) is 5.82 Å². The number of nitrogens with one attached hydrogen (secondary N) is 2. The molecule has 3 rings (SSSR count). The lowest BCUT2D eigenvalue weighted by atomic mass is 10.2. The van der Waals surface area contributed by atoms with Crippen molar-refractivity contribution in [2.24, 2.45) is 0 Å². The molecule has 1 aromatic heterocycles. The molecule has 0 saturated heterocycles. The van der Waals surface area contributed by atoms with E-state index in [0.717, 1.165) is 16.6 Å². The van der Waals surface area contributed by atoms with Crippen molar-refractivity contribution in [3.05, 3.63) is 59.0 Å². The molecule has 0 bridgehead atoms. The highest BCUT2D eigenvalue weighted by atomic mass is 35.5. The number of fused-ring (bicyclic) bond motifs is 1. The van der Waals surface area contributed by atoms with Crippen LogP contribution in [0.15, 0.2) is 42.6 Å². The third-order valence-corrected chi connectivity index (χ3v) is 3.33. The van der Waals surface area contributed by atoms with Crippen LogP contribution in [-0.4, -0.2) is 10.2 Å². The maximum atomic E-state index is 13.6. The average molecular weight is 276 g/mol. The van der Waals surface area contributed by atoms with Gasteiger partial charge < -0.3 is 5.32 Å². The molecule has 2 aromatic carbocycles. The second-order valence-electron chi connectivity index (χ2n) is 4.23. The smallest absolute Gasteiger partial charge is 0.129 e. The molecule has 0 radical (unpaired) electrons. The molecule has 0 saturated carbocycles. The number of halogens is 2. The molecule has 0 aliphatic carbocycles. The monoisotopic (exact) mass is 275 g/mol. The molecule has 0 amide bonds. The van der Waals surface area contributed by atoms with Crippen LogP contribution in [0.5, 0.6) is 0 Å². The second-order valence-corrected chi connectivity index (χ2v) is 4.63. The van der Waals surface area contributed by atoms with Crippen molar-refractivity contribution in [3.63, 3.8) is 0 Å². The number of aromatic nitrogens is 2. The Kier molecular flexibility index (Phi) is 3.09. The second kappa shape index (κ2) is 4.90. The van der Waals surface area contributed by atoms with E-state index in [2.05, 4.69) is 15.5 Å². The van der Waals surface area contributed by atoms with Gasteiger partial charge in [0.05, 0.1) is 11.7 Å². The summed E-state index contributed by atoms with van der Waals surface area (Å²) in [5.74, 6) is -0.301. The quantitative estimate of drug-likeness (QED) is 0.759. The molecule has 0 aliphatic rings. The Labute approximate surface area is 114 Å². The maximum absolute atomic E-state index is 13.6. The fraction of sp³-hybridized carbons (Fsp3) is 0.0714. The maximum Gasteiger partial charge on any atom is 0.129 e. The fourth-order valence-electron chi connectivity index (χ4n) is 1.94. The van der Waals surface area contributed by atoms with E-state index >= 15 is 0 Å². The number of nitrogens with zero attached hydrogens (tertiary/aromatic N) is 1. The molecule has 5 heteroatoms. The summed E-state index contributed by atoms with van der Waals surface area (Å²) >= 11 is 5.98. The van der Waals surface area contributed by atoms with Crippen LogP contribution in [0.2, 0.25) is 5.02 Å². The number of benzene rings is 2. The molecule has 3 aromatic rings. The first-order valence-electron chi connectivity index (χ1n) is 5.84. The van der Waals surface area contributed by atoms with Crippen molar-refractivity contribution in [1.82, 2.24) is 10.2 Å². The minimum absolute atomic E-state index is 0.301. The van der Waals surface area contributed by atoms with Gasteiger partial charge in [-0.25, -0.2) is 4.39 Å². The van der Waals surface area contributed by atoms with Gasteiger partial charge in [-0.3, -0.25) is 5.10 Å². The van der Waals surface area contributed by atoms with Gasteiger partial charge >= 0.3 is 0 Å². The van der Waals surface area contributed by atoms with Gasteiger partial charge in [0.15, 0.2) is 0 Å². The average Bonchev–Trinajstić information content (AvgIpc) is 2.85. The van der Waals surface area contributed by atoms with Crippen LogP contribution in [-0.2, 0) is 6.54 Å². The predicted molar refractivity (Wildman–Crippen MR) is 74.8 cm³/mol. The van der Waals surface area contributed by atoms with Crippen molar-refractivity contribution in [1.29, 1.82) is 0 Å². The van der Waals surface area contributed by atoms with Crippen molar-refractivity contribution in [2.75, 3.05) is 5.32 Å². The van der Waals surface area contributed by atoms with E-state index in [1.54, 1.807) is 18.3 Å². The highest BCUT2D eigenvalue weighted by Crippen LogP contribution is 2.22. The minimum Gasteiger partial charge on any atom is -0.381 e. The summed E-state index contributed by atoms with van der Waals surface area (Å²) in [5, 5.41) is 11.4. The Balaban J connectivity index is 1.82. The Hall–Kier alpha value is -2.07. The zero-order valence-corrected chi connectivity index (χ0v) is 10.7. The molecule has 2 N–H and O–H groups in total. The van der Waals surface area contributed by atoms with E-state index in [4.69, 9.17) is 11.6 Å². The summed E-state index contributed by atoms with van der Waals surface area (Å²) in [6, 6.07) is 10.5. The highest BCUT2D eigenvalue weighted by Gasteiger charge is 2.06. The van der Waals surface area contributed by atoms with Crippen LogP contribution in [0.4, 0.5) is 10.1 Å². The lowest BCUT2D eigenvalue weighted by Gasteiger charge is -2.09. The van der Waals surface area contributed by atoms with E-state index in [9.17, 15) is 4.39 Å². The topological polar surface area (TPSA) is 40.7 Å².